The minimum atomic E-state index is -3.08. The lowest BCUT2D eigenvalue weighted by molar-refractivity contribution is 0.0741. The highest BCUT2D eigenvalue weighted by Crippen LogP contribution is 2.20. The molecule has 1 atom stereocenters. The van der Waals surface area contributed by atoms with Crippen LogP contribution in [-0.4, -0.2) is 53.8 Å². The number of hydrogen-bond acceptors (Lipinski definition) is 7. The van der Waals surface area contributed by atoms with Crippen molar-refractivity contribution in [3.8, 4) is 6.07 Å². The third-order valence-electron chi connectivity index (χ3n) is 4.25. The number of amides is 1. The van der Waals surface area contributed by atoms with Crippen molar-refractivity contribution < 1.29 is 13.2 Å². The van der Waals surface area contributed by atoms with Crippen molar-refractivity contribution in [2.45, 2.75) is 12.5 Å². The third kappa shape index (κ3) is 3.81. The number of carbonyl (C=O) groups is 1. The summed E-state index contributed by atoms with van der Waals surface area (Å²) in [5.41, 5.74) is 1.12. The maximum absolute atomic E-state index is 12.6. The van der Waals surface area contributed by atoms with Gasteiger partial charge in [-0.05, 0) is 24.6 Å². The second-order valence-corrected chi connectivity index (χ2v) is 8.25. The summed E-state index contributed by atoms with van der Waals surface area (Å²) in [4.78, 5) is 22.3. The first kappa shape index (κ1) is 17.8. The summed E-state index contributed by atoms with van der Waals surface area (Å²) in [6, 6.07) is 10.1. The molecule has 1 aromatic carbocycles. The lowest BCUT2D eigenvalue weighted by Crippen LogP contribution is -2.38. The van der Waals surface area contributed by atoms with Gasteiger partial charge < -0.3 is 10.2 Å². The molecule has 1 aliphatic heterocycles. The summed E-state index contributed by atoms with van der Waals surface area (Å²) in [6.45, 7) is 0. The van der Waals surface area contributed by atoms with Gasteiger partial charge >= 0.3 is 0 Å². The summed E-state index contributed by atoms with van der Waals surface area (Å²) in [7, 11) is -1.50. The quantitative estimate of drug-likeness (QED) is 0.862. The number of nitrogens with zero attached hydrogens (tertiary/aromatic N) is 4. The van der Waals surface area contributed by atoms with Crippen molar-refractivity contribution in [3.63, 3.8) is 0 Å². The molecule has 3 rings (SSSR count). The van der Waals surface area contributed by atoms with E-state index in [4.69, 9.17) is 5.26 Å². The molecule has 9 heteroatoms. The van der Waals surface area contributed by atoms with Gasteiger partial charge in [-0.1, -0.05) is 12.1 Å². The standard InChI is InChI=1S/C17H17N5O3S/c1-22(13-7-9-26(24,25)11-13)16(23)15-6-8-19-17(21-15)20-14-5-3-2-4-12(14)10-18/h2-6,8,13H,7,9,11H2,1H3,(H,19,20,21). The zero-order valence-corrected chi connectivity index (χ0v) is 14.9. The van der Waals surface area contributed by atoms with Crippen LogP contribution in [0, 0.1) is 11.3 Å². The van der Waals surface area contributed by atoms with Crippen LogP contribution in [-0.2, 0) is 9.84 Å². The first-order valence-electron chi connectivity index (χ1n) is 7.96. The van der Waals surface area contributed by atoms with Gasteiger partial charge in [0.05, 0.1) is 22.8 Å². The summed E-state index contributed by atoms with van der Waals surface area (Å²) < 4.78 is 23.2. The first-order chi connectivity index (χ1) is 12.4. The van der Waals surface area contributed by atoms with Gasteiger partial charge in [0, 0.05) is 19.3 Å². The molecule has 134 valence electrons. The fraction of sp³-hybridized carbons (Fsp3) is 0.294. The molecule has 2 heterocycles. The summed E-state index contributed by atoms with van der Waals surface area (Å²) in [5, 5.41) is 12.1. The van der Waals surface area contributed by atoms with Crippen molar-refractivity contribution >= 4 is 27.4 Å². The van der Waals surface area contributed by atoms with Gasteiger partial charge in [0.15, 0.2) is 9.84 Å². The number of benzene rings is 1. The highest BCUT2D eigenvalue weighted by Gasteiger charge is 2.33. The summed E-state index contributed by atoms with van der Waals surface area (Å²) in [6.07, 6.45) is 1.87. The number of hydrogen-bond donors (Lipinski definition) is 1. The molecule has 8 nitrogen and oxygen atoms in total. The molecule has 1 aliphatic rings. The average molecular weight is 371 g/mol. The molecule has 1 amide bonds. The molecule has 0 aliphatic carbocycles. The monoisotopic (exact) mass is 371 g/mol. The number of aromatic nitrogens is 2. The molecular weight excluding hydrogens is 354 g/mol. The molecule has 1 fully saturated rings. The molecule has 0 radical (unpaired) electrons. The van der Waals surface area contributed by atoms with Gasteiger partial charge in [0.1, 0.15) is 11.8 Å². The lowest BCUT2D eigenvalue weighted by atomic mass is 10.2. The average Bonchev–Trinajstić information content (AvgIpc) is 3.01. The molecule has 1 saturated heterocycles. The number of rotatable bonds is 4. The van der Waals surface area contributed by atoms with E-state index < -0.39 is 9.84 Å². The van der Waals surface area contributed by atoms with E-state index in [0.29, 0.717) is 17.7 Å². The molecule has 26 heavy (non-hydrogen) atoms. The van der Waals surface area contributed by atoms with E-state index in [1.165, 1.54) is 17.2 Å². The van der Waals surface area contributed by atoms with Crippen LogP contribution in [0.15, 0.2) is 36.5 Å². The Balaban J connectivity index is 1.79. The topological polar surface area (TPSA) is 116 Å². The highest BCUT2D eigenvalue weighted by molar-refractivity contribution is 7.91. The Bertz CT molecular complexity index is 984. The number of para-hydroxylation sites is 1. The SMILES string of the molecule is CN(C(=O)c1ccnc(Nc2ccccc2C#N)n1)C1CCS(=O)(=O)C1. The fourth-order valence-electron chi connectivity index (χ4n) is 2.78. The molecule has 2 aromatic rings. The van der Waals surface area contributed by atoms with E-state index in [9.17, 15) is 13.2 Å². The number of carbonyl (C=O) groups excluding carboxylic acids is 1. The van der Waals surface area contributed by atoms with E-state index in [-0.39, 0.29) is 35.1 Å². The number of sulfone groups is 1. The van der Waals surface area contributed by atoms with Gasteiger partial charge in [-0.3, -0.25) is 4.79 Å². The maximum Gasteiger partial charge on any atom is 0.272 e. The van der Waals surface area contributed by atoms with Crippen molar-refractivity contribution in [1.29, 1.82) is 5.26 Å². The highest BCUT2D eigenvalue weighted by atomic mass is 32.2. The van der Waals surface area contributed by atoms with Gasteiger partial charge in [0.2, 0.25) is 5.95 Å². The van der Waals surface area contributed by atoms with Crippen LogP contribution in [0.4, 0.5) is 11.6 Å². The minimum absolute atomic E-state index is 0.0268. The molecule has 1 unspecified atom stereocenters. The molecule has 0 saturated carbocycles. The van der Waals surface area contributed by atoms with Crippen LogP contribution < -0.4 is 5.32 Å². The van der Waals surface area contributed by atoms with E-state index in [0.717, 1.165) is 0 Å². The number of nitriles is 1. The van der Waals surface area contributed by atoms with E-state index in [1.807, 2.05) is 0 Å². The predicted molar refractivity (Wildman–Crippen MR) is 95.6 cm³/mol. The largest absolute Gasteiger partial charge is 0.336 e. The van der Waals surface area contributed by atoms with E-state index in [1.54, 1.807) is 31.3 Å². The maximum atomic E-state index is 12.6. The molecule has 0 bridgehead atoms. The third-order valence-corrected chi connectivity index (χ3v) is 6.00. The lowest BCUT2D eigenvalue weighted by Gasteiger charge is -2.23. The molecular formula is C17H17N5O3S. The number of nitrogens with one attached hydrogen (secondary N) is 1. The van der Waals surface area contributed by atoms with Gasteiger partial charge in [0.25, 0.3) is 5.91 Å². The summed E-state index contributed by atoms with van der Waals surface area (Å²) >= 11 is 0. The fourth-order valence-corrected chi connectivity index (χ4v) is 4.55. The van der Waals surface area contributed by atoms with Crippen molar-refractivity contribution in [2.24, 2.45) is 0 Å². The Kier molecular flexibility index (Phi) is 4.86. The Morgan fingerprint density at radius 1 is 1.35 bits per heavy atom. The second kappa shape index (κ2) is 7.09. The van der Waals surface area contributed by atoms with Crippen LogP contribution in [0.25, 0.3) is 0 Å². The van der Waals surface area contributed by atoms with Crippen LogP contribution in [0.5, 0.6) is 0 Å². The number of anilines is 2. The smallest absolute Gasteiger partial charge is 0.272 e. The zero-order valence-electron chi connectivity index (χ0n) is 14.1. The van der Waals surface area contributed by atoms with Crippen molar-refractivity contribution in [1.82, 2.24) is 14.9 Å². The summed E-state index contributed by atoms with van der Waals surface area (Å²) in [5.74, 6) is -0.116. The molecule has 1 aromatic heterocycles. The van der Waals surface area contributed by atoms with E-state index in [2.05, 4.69) is 21.4 Å². The second-order valence-electron chi connectivity index (χ2n) is 6.02. The predicted octanol–water partition coefficient (Wildman–Crippen LogP) is 1.35. The van der Waals surface area contributed by atoms with Gasteiger partial charge in [-0.25, -0.2) is 18.4 Å². The Morgan fingerprint density at radius 2 is 2.12 bits per heavy atom. The Hall–Kier alpha value is -2.99. The normalized spacial score (nSPS) is 18.1. The van der Waals surface area contributed by atoms with Gasteiger partial charge in [-0.15, -0.1) is 0 Å². The first-order valence-corrected chi connectivity index (χ1v) is 9.78. The Labute approximate surface area is 151 Å². The van der Waals surface area contributed by atoms with Crippen LogP contribution in [0.3, 0.4) is 0 Å². The van der Waals surface area contributed by atoms with Crippen molar-refractivity contribution in [2.75, 3.05) is 23.9 Å². The van der Waals surface area contributed by atoms with Crippen molar-refractivity contribution in [3.05, 3.63) is 47.8 Å². The van der Waals surface area contributed by atoms with Gasteiger partial charge in [-0.2, -0.15) is 5.26 Å². The van der Waals surface area contributed by atoms with Crippen LogP contribution in [0.1, 0.15) is 22.5 Å². The molecule has 0 spiro atoms. The van der Waals surface area contributed by atoms with E-state index >= 15 is 0 Å². The zero-order chi connectivity index (χ0) is 18.7. The molecule has 1 N–H and O–H groups in total. The minimum Gasteiger partial charge on any atom is -0.336 e. The van der Waals surface area contributed by atoms with Crippen LogP contribution >= 0.6 is 0 Å². The Morgan fingerprint density at radius 3 is 2.81 bits per heavy atom. The van der Waals surface area contributed by atoms with Crippen LogP contribution in [0.2, 0.25) is 0 Å².